The van der Waals surface area contributed by atoms with Gasteiger partial charge in [0.25, 0.3) is 0 Å². The minimum Gasteiger partial charge on any atom is -0.381 e. The second-order valence-corrected chi connectivity index (χ2v) is 8.04. The van der Waals surface area contributed by atoms with Crippen molar-refractivity contribution >= 4 is 19.7 Å². The van der Waals surface area contributed by atoms with E-state index in [4.69, 9.17) is 24.9 Å². The highest BCUT2D eigenvalue weighted by Crippen LogP contribution is 2.33. The maximum Gasteiger partial charge on any atom is 0.233 e. The van der Waals surface area contributed by atoms with E-state index in [2.05, 4.69) is 0 Å². The predicted octanol–water partition coefficient (Wildman–Crippen LogP) is 1.79. The number of hydrogen-bond acceptors (Lipinski definition) is 5. The monoisotopic (exact) mass is 314 g/mol. The average Bonchev–Trinajstić information content (AvgIpc) is 2.27. The molecule has 1 aliphatic heterocycles. The van der Waals surface area contributed by atoms with Crippen molar-refractivity contribution in [2.24, 2.45) is 5.41 Å². The fourth-order valence-electron chi connectivity index (χ4n) is 2.13. The summed E-state index contributed by atoms with van der Waals surface area (Å²) in [7, 11) is 1.86. The third kappa shape index (κ3) is 7.46. The zero-order chi connectivity index (χ0) is 14.4. The minimum absolute atomic E-state index is 0.0596. The van der Waals surface area contributed by atoms with Gasteiger partial charge in [0.05, 0.1) is 31.7 Å². The van der Waals surface area contributed by atoms with Gasteiger partial charge in [-0.1, -0.05) is 0 Å². The van der Waals surface area contributed by atoms with Crippen LogP contribution in [0, 0.1) is 5.41 Å². The van der Waals surface area contributed by atoms with Crippen LogP contribution in [0.15, 0.2) is 0 Å². The molecule has 0 atom stereocenters. The number of hydrogen-bond donors (Lipinski definition) is 0. The van der Waals surface area contributed by atoms with Crippen LogP contribution in [-0.2, 0) is 23.3 Å². The van der Waals surface area contributed by atoms with Gasteiger partial charge in [0.2, 0.25) is 9.05 Å². The molecule has 7 heteroatoms. The van der Waals surface area contributed by atoms with Gasteiger partial charge in [-0.15, -0.1) is 0 Å². The Kier molecular flexibility index (Phi) is 7.04. The topological polar surface area (TPSA) is 61.8 Å². The molecule has 1 rings (SSSR count). The standard InChI is InChI=1S/C12H23ClO5S/c1-11(2)18-8-7-17-9-12(10-19(13,14)15)3-5-16-6-4-12/h11H,3-10H2,1-2H3. The van der Waals surface area contributed by atoms with Crippen LogP contribution in [0.1, 0.15) is 26.7 Å². The lowest BCUT2D eigenvalue weighted by atomic mass is 9.83. The van der Waals surface area contributed by atoms with E-state index in [1.165, 1.54) is 0 Å². The van der Waals surface area contributed by atoms with Crippen LogP contribution in [0.5, 0.6) is 0 Å². The lowest BCUT2D eigenvalue weighted by Crippen LogP contribution is -2.39. The number of rotatable bonds is 8. The van der Waals surface area contributed by atoms with Crippen LogP contribution in [0.25, 0.3) is 0 Å². The van der Waals surface area contributed by atoms with Crippen molar-refractivity contribution in [3.8, 4) is 0 Å². The van der Waals surface area contributed by atoms with Crippen molar-refractivity contribution in [2.75, 3.05) is 38.8 Å². The molecule has 0 N–H and O–H groups in total. The molecule has 0 saturated carbocycles. The van der Waals surface area contributed by atoms with Crippen LogP contribution in [0.2, 0.25) is 0 Å². The molecule has 19 heavy (non-hydrogen) atoms. The summed E-state index contributed by atoms with van der Waals surface area (Å²) in [4.78, 5) is 0. The molecular weight excluding hydrogens is 292 g/mol. The lowest BCUT2D eigenvalue weighted by molar-refractivity contribution is -0.0453. The molecule has 1 saturated heterocycles. The van der Waals surface area contributed by atoms with E-state index in [0.29, 0.717) is 45.9 Å². The van der Waals surface area contributed by atoms with Crippen molar-refractivity contribution in [3.63, 3.8) is 0 Å². The first-order valence-corrected chi connectivity index (χ1v) is 9.00. The second kappa shape index (κ2) is 7.78. The number of halogens is 1. The van der Waals surface area contributed by atoms with E-state index in [9.17, 15) is 8.42 Å². The summed E-state index contributed by atoms with van der Waals surface area (Å²) < 4.78 is 38.9. The summed E-state index contributed by atoms with van der Waals surface area (Å²) in [5.41, 5.74) is -0.420. The van der Waals surface area contributed by atoms with Crippen LogP contribution in [0.4, 0.5) is 0 Å². The highest BCUT2D eigenvalue weighted by atomic mass is 35.7. The summed E-state index contributed by atoms with van der Waals surface area (Å²) in [5.74, 6) is -0.0596. The first kappa shape index (κ1) is 17.2. The molecule has 5 nitrogen and oxygen atoms in total. The highest BCUT2D eigenvalue weighted by Gasteiger charge is 2.37. The van der Waals surface area contributed by atoms with E-state index in [0.717, 1.165) is 0 Å². The Labute approximate surface area is 120 Å². The van der Waals surface area contributed by atoms with Crippen molar-refractivity contribution in [3.05, 3.63) is 0 Å². The van der Waals surface area contributed by atoms with Gasteiger partial charge >= 0.3 is 0 Å². The Morgan fingerprint density at radius 3 is 2.42 bits per heavy atom. The van der Waals surface area contributed by atoms with E-state index < -0.39 is 14.5 Å². The smallest absolute Gasteiger partial charge is 0.233 e. The summed E-state index contributed by atoms with van der Waals surface area (Å²) >= 11 is 0. The average molecular weight is 315 g/mol. The van der Waals surface area contributed by atoms with Crippen molar-refractivity contribution < 1.29 is 22.6 Å². The second-order valence-electron chi connectivity index (χ2n) is 5.27. The zero-order valence-corrected chi connectivity index (χ0v) is 13.1. The van der Waals surface area contributed by atoms with Crippen LogP contribution in [0.3, 0.4) is 0 Å². The van der Waals surface area contributed by atoms with Gasteiger partial charge in [-0.05, 0) is 26.7 Å². The quantitative estimate of drug-likeness (QED) is 0.505. The maximum absolute atomic E-state index is 11.3. The lowest BCUT2D eigenvalue weighted by Gasteiger charge is -2.35. The molecule has 1 heterocycles. The molecule has 0 radical (unpaired) electrons. The summed E-state index contributed by atoms with van der Waals surface area (Å²) in [5, 5.41) is 0. The summed E-state index contributed by atoms with van der Waals surface area (Å²) in [6.07, 6.45) is 1.48. The van der Waals surface area contributed by atoms with Gasteiger partial charge < -0.3 is 14.2 Å². The summed E-state index contributed by atoms with van der Waals surface area (Å²) in [6.45, 7) is 6.38. The predicted molar refractivity (Wildman–Crippen MR) is 74.0 cm³/mol. The van der Waals surface area contributed by atoms with E-state index in [1.54, 1.807) is 0 Å². The molecule has 114 valence electrons. The fraction of sp³-hybridized carbons (Fsp3) is 1.00. The van der Waals surface area contributed by atoms with Crippen molar-refractivity contribution in [1.29, 1.82) is 0 Å². The molecule has 0 spiro atoms. The Morgan fingerprint density at radius 1 is 1.26 bits per heavy atom. The molecule has 0 amide bonds. The minimum atomic E-state index is -3.53. The largest absolute Gasteiger partial charge is 0.381 e. The Balaban J connectivity index is 2.41. The molecule has 1 fully saturated rings. The first-order valence-electron chi connectivity index (χ1n) is 6.52. The summed E-state index contributed by atoms with van der Waals surface area (Å²) in [6, 6.07) is 0. The van der Waals surface area contributed by atoms with Crippen molar-refractivity contribution in [2.45, 2.75) is 32.8 Å². The highest BCUT2D eigenvalue weighted by molar-refractivity contribution is 8.13. The third-order valence-corrected chi connectivity index (χ3v) is 4.40. The van der Waals surface area contributed by atoms with Gasteiger partial charge in [0, 0.05) is 29.3 Å². The number of ether oxygens (including phenoxy) is 3. The van der Waals surface area contributed by atoms with E-state index in [1.807, 2.05) is 13.8 Å². The first-order chi connectivity index (χ1) is 8.83. The Hall–Kier alpha value is 0.120. The molecule has 1 aliphatic rings. The zero-order valence-electron chi connectivity index (χ0n) is 11.6. The maximum atomic E-state index is 11.3. The van der Waals surface area contributed by atoms with Gasteiger partial charge in [-0.25, -0.2) is 8.42 Å². The molecule has 0 aromatic carbocycles. The van der Waals surface area contributed by atoms with Crippen molar-refractivity contribution in [1.82, 2.24) is 0 Å². The van der Waals surface area contributed by atoms with Gasteiger partial charge in [-0.2, -0.15) is 0 Å². The molecular formula is C12H23ClO5S. The third-order valence-electron chi connectivity index (χ3n) is 3.12. The molecule has 0 aliphatic carbocycles. The molecule has 0 bridgehead atoms. The van der Waals surface area contributed by atoms with E-state index in [-0.39, 0.29) is 11.9 Å². The molecule has 0 aromatic heterocycles. The SMILES string of the molecule is CC(C)OCCOCC1(CS(=O)(=O)Cl)CCOCC1. The van der Waals surface area contributed by atoms with Gasteiger partial charge in [0.1, 0.15) is 0 Å². The van der Waals surface area contributed by atoms with Gasteiger partial charge in [-0.3, -0.25) is 0 Å². The van der Waals surface area contributed by atoms with Crippen LogP contribution >= 0.6 is 10.7 Å². The normalized spacial score (nSPS) is 19.8. The van der Waals surface area contributed by atoms with Crippen LogP contribution < -0.4 is 0 Å². The Morgan fingerprint density at radius 2 is 1.89 bits per heavy atom. The molecule has 0 aromatic rings. The molecule has 0 unspecified atom stereocenters. The van der Waals surface area contributed by atoms with E-state index >= 15 is 0 Å². The fourth-order valence-corrected chi connectivity index (χ4v) is 3.93. The van der Waals surface area contributed by atoms with Crippen LogP contribution in [-0.4, -0.2) is 53.3 Å². The Bertz CT molecular complexity index is 349. The van der Waals surface area contributed by atoms with Gasteiger partial charge in [0.15, 0.2) is 0 Å².